The SMILES string of the molecule is CCOc1cccc(C=Nc2cc(C(F)(F)F)ccc2Oc2ccccc2-c2ccccc2)c1O. The predicted molar refractivity (Wildman–Crippen MR) is 130 cm³/mol. The van der Waals surface area contributed by atoms with Crippen molar-refractivity contribution in [3.05, 3.63) is 102 Å². The molecule has 0 amide bonds. The van der Waals surface area contributed by atoms with Gasteiger partial charge in [0, 0.05) is 17.3 Å². The number of phenolic OH excluding ortho intramolecular Hbond substituents is 1. The molecule has 0 spiro atoms. The van der Waals surface area contributed by atoms with Gasteiger partial charge >= 0.3 is 6.18 Å². The number of benzene rings is 4. The van der Waals surface area contributed by atoms with Crippen LogP contribution in [0, 0.1) is 0 Å². The number of rotatable bonds is 7. The monoisotopic (exact) mass is 477 g/mol. The highest BCUT2D eigenvalue weighted by Crippen LogP contribution is 2.41. The molecule has 178 valence electrons. The Kier molecular flexibility index (Phi) is 7.06. The molecule has 1 N–H and O–H groups in total. The first kappa shape index (κ1) is 23.9. The zero-order valence-corrected chi connectivity index (χ0v) is 18.8. The maximum atomic E-state index is 13.4. The molecule has 4 nitrogen and oxygen atoms in total. The molecule has 4 aromatic carbocycles. The van der Waals surface area contributed by atoms with Gasteiger partial charge in [0.05, 0.1) is 12.2 Å². The summed E-state index contributed by atoms with van der Waals surface area (Å²) in [6, 6.07) is 24.7. The van der Waals surface area contributed by atoms with Crippen LogP contribution < -0.4 is 9.47 Å². The van der Waals surface area contributed by atoms with Crippen molar-refractivity contribution in [3.8, 4) is 34.1 Å². The molecular weight excluding hydrogens is 455 g/mol. The smallest absolute Gasteiger partial charge is 0.416 e. The number of hydrogen-bond donors (Lipinski definition) is 1. The van der Waals surface area contributed by atoms with Crippen molar-refractivity contribution < 1.29 is 27.8 Å². The van der Waals surface area contributed by atoms with Gasteiger partial charge in [-0.1, -0.05) is 54.6 Å². The van der Waals surface area contributed by atoms with Gasteiger partial charge in [-0.25, -0.2) is 0 Å². The number of aliphatic imine (C=N–C) groups is 1. The molecule has 0 heterocycles. The summed E-state index contributed by atoms with van der Waals surface area (Å²) < 4.78 is 51.7. The highest BCUT2D eigenvalue weighted by molar-refractivity contribution is 5.87. The van der Waals surface area contributed by atoms with Crippen LogP contribution in [-0.2, 0) is 6.18 Å². The minimum atomic E-state index is -4.55. The number of hydrogen-bond acceptors (Lipinski definition) is 4. The number of ether oxygens (including phenoxy) is 2. The molecule has 7 heteroatoms. The number of alkyl halides is 3. The van der Waals surface area contributed by atoms with E-state index in [9.17, 15) is 18.3 Å². The molecule has 0 radical (unpaired) electrons. The van der Waals surface area contributed by atoms with Crippen molar-refractivity contribution in [2.24, 2.45) is 4.99 Å². The van der Waals surface area contributed by atoms with Crippen LogP contribution in [0.5, 0.6) is 23.0 Å². The first-order valence-corrected chi connectivity index (χ1v) is 10.9. The molecule has 4 aromatic rings. The molecule has 0 bridgehead atoms. The predicted octanol–water partition coefficient (Wildman–Crippen LogP) is 8.02. The van der Waals surface area contributed by atoms with Crippen LogP contribution in [0.15, 0.2) is 96.0 Å². The lowest BCUT2D eigenvalue weighted by atomic mass is 10.0. The maximum Gasteiger partial charge on any atom is 0.416 e. The highest BCUT2D eigenvalue weighted by atomic mass is 19.4. The van der Waals surface area contributed by atoms with E-state index in [-0.39, 0.29) is 22.9 Å². The van der Waals surface area contributed by atoms with E-state index in [2.05, 4.69) is 4.99 Å². The lowest BCUT2D eigenvalue weighted by molar-refractivity contribution is -0.137. The molecule has 0 aliphatic rings. The summed E-state index contributed by atoms with van der Waals surface area (Å²) in [6.07, 6.45) is -3.27. The van der Waals surface area contributed by atoms with E-state index in [0.29, 0.717) is 17.9 Å². The lowest BCUT2D eigenvalue weighted by Gasteiger charge is -2.15. The Morgan fingerprint density at radius 2 is 1.54 bits per heavy atom. The molecule has 0 saturated carbocycles. The normalized spacial score (nSPS) is 11.5. The van der Waals surface area contributed by atoms with Gasteiger partial charge < -0.3 is 14.6 Å². The molecule has 4 rings (SSSR count). The fourth-order valence-electron chi connectivity index (χ4n) is 3.47. The number of phenols is 1. The second kappa shape index (κ2) is 10.3. The Labute approximate surface area is 200 Å². The maximum absolute atomic E-state index is 13.4. The highest BCUT2D eigenvalue weighted by Gasteiger charge is 2.31. The number of para-hydroxylation sites is 2. The molecule has 0 saturated heterocycles. The number of aromatic hydroxyl groups is 1. The molecule has 0 aromatic heterocycles. The molecule has 0 fully saturated rings. The van der Waals surface area contributed by atoms with E-state index in [0.717, 1.165) is 23.3 Å². The average molecular weight is 477 g/mol. The first-order valence-electron chi connectivity index (χ1n) is 10.9. The number of nitrogens with zero attached hydrogens (tertiary/aromatic N) is 1. The van der Waals surface area contributed by atoms with Gasteiger partial charge in [-0.3, -0.25) is 4.99 Å². The van der Waals surface area contributed by atoms with Crippen LogP contribution in [0.25, 0.3) is 11.1 Å². The van der Waals surface area contributed by atoms with E-state index in [4.69, 9.17) is 9.47 Å². The third-order valence-electron chi connectivity index (χ3n) is 5.15. The third kappa shape index (κ3) is 5.63. The van der Waals surface area contributed by atoms with Crippen molar-refractivity contribution in [2.45, 2.75) is 13.1 Å². The summed E-state index contributed by atoms with van der Waals surface area (Å²) in [5.74, 6) is 0.713. The Morgan fingerprint density at radius 1 is 0.829 bits per heavy atom. The van der Waals surface area contributed by atoms with E-state index < -0.39 is 11.7 Å². The Balaban J connectivity index is 1.75. The summed E-state index contributed by atoms with van der Waals surface area (Å²) in [6.45, 7) is 2.13. The van der Waals surface area contributed by atoms with E-state index in [1.165, 1.54) is 12.3 Å². The topological polar surface area (TPSA) is 51.0 Å². The van der Waals surface area contributed by atoms with Crippen molar-refractivity contribution in [1.82, 2.24) is 0 Å². The summed E-state index contributed by atoms with van der Waals surface area (Å²) in [5.41, 5.74) is 1.08. The van der Waals surface area contributed by atoms with Crippen molar-refractivity contribution in [3.63, 3.8) is 0 Å². The van der Waals surface area contributed by atoms with Gasteiger partial charge in [-0.2, -0.15) is 13.2 Å². The van der Waals surface area contributed by atoms with Gasteiger partial charge in [0.2, 0.25) is 0 Å². The number of halogens is 3. The summed E-state index contributed by atoms with van der Waals surface area (Å²) in [4.78, 5) is 4.25. The Bertz CT molecular complexity index is 1340. The average Bonchev–Trinajstić information content (AvgIpc) is 2.85. The van der Waals surface area contributed by atoms with E-state index in [1.807, 2.05) is 42.5 Å². The van der Waals surface area contributed by atoms with Gasteiger partial charge in [0.25, 0.3) is 0 Å². The van der Waals surface area contributed by atoms with Crippen LogP contribution in [0.3, 0.4) is 0 Å². The Hall–Kier alpha value is -4.26. The molecule has 0 unspecified atom stereocenters. The third-order valence-corrected chi connectivity index (χ3v) is 5.15. The van der Waals surface area contributed by atoms with Gasteiger partial charge in [0.1, 0.15) is 11.4 Å². The second-order valence-corrected chi connectivity index (χ2v) is 7.53. The van der Waals surface area contributed by atoms with Crippen LogP contribution in [0.4, 0.5) is 18.9 Å². The summed E-state index contributed by atoms with van der Waals surface area (Å²) >= 11 is 0. The summed E-state index contributed by atoms with van der Waals surface area (Å²) in [5, 5.41) is 10.4. The molecule has 0 atom stereocenters. The van der Waals surface area contributed by atoms with Crippen LogP contribution in [0.1, 0.15) is 18.1 Å². The minimum Gasteiger partial charge on any atom is -0.504 e. The molecule has 0 aliphatic carbocycles. The van der Waals surface area contributed by atoms with Crippen LogP contribution >= 0.6 is 0 Å². The second-order valence-electron chi connectivity index (χ2n) is 7.53. The zero-order chi connectivity index (χ0) is 24.8. The van der Waals surface area contributed by atoms with Crippen molar-refractivity contribution in [1.29, 1.82) is 0 Å². The van der Waals surface area contributed by atoms with Gasteiger partial charge in [-0.15, -0.1) is 0 Å². The standard InChI is InChI=1S/C28H22F3NO3/c1-2-34-26-14-8-11-20(27(26)33)18-32-23-17-21(28(29,30)31)15-16-25(23)35-24-13-7-6-12-22(24)19-9-4-3-5-10-19/h3-18,33H,2H2,1H3. The molecular formula is C28H22F3NO3. The van der Waals surface area contributed by atoms with Crippen LogP contribution in [0.2, 0.25) is 0 Å². The minimum absolute atomic E-state index is 0.0381. The quantitative estimate of drug-likeness (QED) is 0.274. The fraction of sp³-hybridized carbons (Fsp3) is 0.107. The molecule has 35 heavy (non-hydrogen) atoms. The lowest BCUT2D eigenvalue weighted by Crippen LogP contribution is -2.04. The fourth-order valence-corrected chi connectivity index (χ4v) is 3.47. The Morgan fingerprint density at radius 3 is 2.29 bits per heavy atom. The van der Waals surface area contributed by atoms with E-state index >= 15 is 0 Å². The van der Waals surface area contributed by atoms with Crippen molar-refractivity contribution >= 4 is 11.9 Å². The van der Waals surface area contributed by atoms with Crippen LogP contribution in [-0.4, -0.2) is 17.9 Å². The van der Waals surface area contributed by atoms with Gasteiger partial charge in [0.15, 0.2) is 17.2 Å². The van der Waals surface area contributed by atoms with E-state index in [1.54, 1.807) is 37.3 Å². The molecule has 0 aliphatic heterocycles. The summed E-state index contributed by atoms with van der Waals surface area (Å²) in [7, 11) is 0. The largest absolute Gasteiger partial charge is 0.504 e. The first-order chi connectivity index (χ1) is 16.9. The van der Waals surface area contributed by atoms with Gasteiger partial charge in [-0.05, 0) is 48.9 Å². The zero-order valence-electron chi connectivity index (χ0n) is 18.8. The van der Waals surface area contributed by atoms with Crippen molar-refractivity contribution in [2.75, 3.05) is 6.61 Å².